The van der Waals surface area contributed by atoms with Crippen molar-refractivity contribution in [3.05, 3.63) is 131 Å². The van der Waals surface area contributed by atoms with E-state index in [0.717, 1.165) is 11.3 Å². The smallest absolute Gasteiger partial charge is 0.322 e. The number of benzene rings is 3. The van der Waals surface area contributed by atoms with E-state index < -0.39 is 30.1 Å². The summed E-state index contributed by atoms with van der Waals surface area (Å²) >= 11 is 1.90. The number of furan rings is 1. The highest BCUT2D eigenvalue weighted by Gasteiger charge is 2.21. The molecule has 5 rings (SSSR count). The molecule has 12 heteroatoms. The Morgan fingerprint density at radius 1 is 1.06 bits per heavy atom. The van der Waals surface area contributed by atoms with E-state index in [1.165, 1.54) is 41.3 Å². The first-order valence-electron chi connectivity index (χ1n) is 15.0. The number of hydrogen-bond donors (Lipinski definition) is 2. The van der Waals surface area contributed by atoms with Gasteiger partial charge in [0.15, 0.2) is 5.76 Å². The number of nitrogens with zero attached hydrogens (tertiary/aromatic N) is 4. The third kappa shape index (κ3) is 9.67. The van der Waals surface area contributed by atoms with Crippen LogP contribution >= 0.6 is 11.8 Å². The number of carbonyl (C=O) groups excluding carboxylic acids is 2. The van der Waals surface area contributed by atoms with Crippen LogP contribution in [0.25, 0.3) is 11.3 Å². The van der Waals surface area contributed by atoms with Crippen LogP contribution in [-0.4, -0.2) is 51.0 Å². The topological polar surface area (TPSA) is 141 Å². The molecule has 2 heterocycles. The van der Waals surface area contributed by atoms with Crippen molar-refractivity contribution < 1.29 is 28.3 Å². The molecule has 0 radical (unpaired) electrons. The minimum absolute atomic E-state index is 0.0428. The molecule has 10 nitrogen and oxygen atoms in total. The van der Waals surface area contributed by atoms with E-state index in [1.807, 2.05) is 28.5 Å². The van der Waals surface area contributed by atoms with Gasteiger partial charge in [-0.2, -0.15) is 17.0 Å². The van der Waals surface area contributed by atoms with Crippen LogP contribution in [0.3, 0.4) is 0 Å². The van der Waals surface area contributed by atoms with Gasteiger partial charge in [0.05, 0.1) is 30.2 Å². The number of nitrogens with one attached hydrogen (secondary N) is 1. The number of anilines is 1. The summed E-state index contributed by atoms with van der Waals surface area (Å²) in [5, 5.41) is 20.1. The summed E-state index contributed by atoms with van der Waals surface area (Å²) in [4.78, 5) is 42.3. The fourth-order valence-electron chi connectivity index (χ4n) is 4.59. The van der Waals surface area contributed by atoms with Crippen molar-refractivity contribution in [2.75, 3.05) is 23.5 Å². The van der Waals surface area contributed by atoms with E-state index in [2.05, 4.69) is 29.5 Å². The Morgan fingerprint density at radius 3 is 2.44 bits per heavy atom. The van der Waals surface area contributed by atoms with Gasteiger partial charge in [0.2, 0.25) is 0 Å². The molecular formula is C36H34FN5O5S. The molecule has 5 aromatic rings. The predicted molar refractivity (Wildman–Crippen MR) is 182 cm³/mol. The van der Waals surface area contributed by atoms with E-state index in [-0.39, 0.29) is 17.9 Å². The van der Waals surface area contributed by atoms with Gasteiger partial charge in [-0.1, -0.05) is 25.1 Å². The van der Waals surface area contributed by atoms with Crippen LogP contribution in [0.1, 0.15) is 51.1 Å². The zero-order valence-electron chi connectivity index (χ0n) is 26.4. The number of carboxylic acid groups (broad SMARTS) is 1. The number of nitriles is 1. The van der Waals surface area contributed by atoms with E-state index in [0.29, 0.717) is 29.1 Å². The molecule has 246 valence electrons. The minimum atomic E-state index is -1.18. The third-order valence-corrected chi connectivity index (χ3v) is 7.79. The number of aliphatic carboxylic acids is 1. The molecule has 2 amide bonds. The molecule has 0 bridgehead atoms. The normalized spacial score (nSPS) is 10.4. The predicted octanol–water partition coefficient (Wildman–Crippen LogP) is 6.62. The number of halogens is 1. The van der Waals surface area contributed by atoms with Crippen molar-refractivity contribution in [3.8, 4) is 17.4 Å². The molecule has 3 aromatic carbocycles. The zero-order chi connectivity index (χ0) is 34.5. The maximum Gasteiger partial charge on any atom is 0.322 e. The molecule has 0 saturated heterocycles. The summed E-state index contributed by atoms with van der Waals surface area (Å²) in [5.41, 5.74) is 3.53. The molecule has 0 aliphatic heterocycles. The number of hydrogen-bond acceptors (Lipinski definition) is 7. The maximum absolute atomic E-state index is 14.0. The van der Waals surface area contributed by atoms with Crippen LogP contribution in [-0.2, 0) is 17.9 Å². The highest BCUT2D eigenvalue weighted by molar-refractivity contribution is 7.98. The second-order valence-electron chi connectivity index (χ2n) is 10.5. The number of carboxylic acids is 1. The Bertz CT molecular complexity index is 1880. The van der Waals surface area contributed by atoms with E-state index in [9.17, 15) is 18.8 Å². The molecule has 0 atom stereocenters. The van der Waals surface area contributed by atoms with Crippen LogP contribution in [0.4, 0.5) is 10.1 Å². The van der Waals surface area contributed by atoms with Crippen LogP contribution in [0, 0.1) is 17.1 Å². The number of carbonyl (C=O) groups is 3. The second kappa shape index (κ2) is 17.3. The Hall–Kier alpha value is -5.67. The molecular weight excluding hydrogens is 633 g/mol. The summed E-state index contributed by atoms with van der Waals surface area (Å²) in [6.07, 6.45) is 6.75. The van der Waals surface area contributed by atoms with E-state index in [1.54, 1.807) is 61.1 Å². The summed E-state index contributed by atoms with van der Waals surface area (Å²) in [6.45, 7) is 2.24. The van der Waals surface area contributed by atoms with Gasteiger partial charge in [-0.25, -0.2) is 9.37 Å². The van der Waals surface area contributed by atoms with Crippen molar-refractivity contribution in [2.45, 2.75) is 26.4 Å². The first kappa shape index (κ1) is 35.2. The second-order valence-corrected chi connectivity index (χ2v) is 11.5. The van der Waals surface area contributed by atoms with Gasteiger partial charge in [0.1, 0.15) is 18.1 Å². The Balaban J connectivity index is 0.000000968. The van der Waals surface area contributed by atoms with Gasteiger partial charge < -0.3 is 24.3 Å². The van der Waals surface area contributed by atoms with Crippen LogP contribution < -0.4 is 10.2 Å². The van der Waals surface area contributed by atoms with Crippen molar-refractivity contribution in [1.82, 2.24) is 14.9 Å². The summed E-state index contributed by atoms with van der Waals surface area (Å²) in [5.74, 6) is -1.16. The maximum atomic E-state index is 14.0. The molecule has 0 aliphatic rings. The van der Waals surface area contributed by atoms with Crippen molar-refractivity contribution in [2.24, 2.45) is 0 Å². The lowest BCUT2D eigenvalue weighted by Gasteiger charge is -2.24. The van der Waals surface area contributed by atoms with Crippen molar-refractivity contribution in [1.29, 1.82) is 5.26 Å². The summed E-state index contributed by atoms with van der Waals surface area (Å²) in [7, 11) is 0. The number of rotatable bonds is 12. The summed E-state index contributed by atoms with van der Waals surface area (Å²) in [6, 6.07) is 24.6. The van der Waals surface area contributed by atoms with Gasteiger partial charge >= 0.3 is 5.97 Å². The monoisotopic (exact) mass is 667 g/mol. The number of thioether (sulfide) groups is 1. The highest BCUT2D eigenvalue weighted by Crippen LogP contribution is 2.27. The first-order valence-corrected chi connectivity index (χ1v) is 16.4. The van der Waals surface area contributed by atoms with Crippen LogP contribution in [0.15, 0.2) is 102 Å². The largest absolute Gasteiger partial charge is 0.480 e. The molecule has 0 spiro atoms. The lowest BCUT2D eigenvalue weighted by atomic mass is 10.1. The summed E-state index contributed by atoms with van der Waals surface area (Å²) < 4.78 is 21.5. The quantitative estimate of drug-likeness (QED) is 0.151. The standard InChI is InChI=1S/C32H24FN5O5.C4H10S/c33-25-3-1-2-24(14-25)32(42)38(19-27-16-35-20-37(27)18-22-6-4-21(15-34)5-7-22)26-10-8-23(9-11-26)28-12-13-29(43-28)31(41)36-17-30(39)40;1-3-4-5-2/h1-14,16,20H,17-19H2,(H,36,41)(H,39,40);3-4H2,1-2H3. The van der Waals surface area contributed by atoms with Crippen LogP contribution in [0.5, 0.6) is 0 Å². The third-order valence-electron chi connectivity index (χ3n) is 6.97. The average Bonchev–Trinajstić information content (AvgIpc) is 3.77. The van der Waals surface area contributed by atoms with E-state index >= 15 is 0 Å². The lowest BCUT2D eigenvalue weighted by molar-refractivity contribution is -0.135. The molecule has 2 N–H and O–H groups in total. The first-order chi connectivity index (χ1) is 23.2. The number of amides is 2. The molecule has 48 heavy (non-hydrogen) atoms. The van der Waals surface area contributed by atoms with Crippen LogP contribution in [0.2, 0.25) is 0 Å². The zero-order valence-corrected chi connectivity index (χ0v) is 27.2. The lowest BCUT2D eigenvalue weighted by Crippen LogP contribution is -2.31. The number of imidazole rings is 1. The van der Waals surface area contributed by atoms with Gasteiger partial charge in [-0.05, 0) is 90.7 Å². The Morgan fingerprint density at radius 2 is 1.81 bits per heavy atom. The highest BCUT2D eigenvalue weighted by atomic mass is 32.2. The van der Waals surface area contributed by atoms with Crippen molar-refractivity contribution in [3.63, 3.8) is 0 Å². The van der Waals surface area contributed by atoms with Gasteiger partial charge in [-0.15, -0.1) is 0 Å². The van der Waals surface area contributed by atoms with Crippen molar-refractivity contribution >= 4 is 35.2 Å². The van der Waals surface area contributed by atoms with Gasteiger partial charge in [0, 0.05) is 29.6 Å². The molecule has 0 fully saturated rings. The van der Waals surface area contributed by atoms with E-state index in [4.69, 9.17) is 14.8 Å². The molecule has 2 aromatic heterocycles. The molecule has 0 aliphatic carbocycles. The van der Waals surface area contributed by atoms with Gasteiger partial charge in [-0.3, -0.25) is 14.4 Å². The Labute approximate surface area is 281 Å². The fourth-order valence-corrected chi connectivity index (χ4v) is 5.00. The molecule has 0 saturated carbocycles. The Kier molecular flexibility index (Phi) is 12.7. The average molecular weight is 668 g/mol. The SMILES string of the molecule is CCCSC.N#Cc1ccc(Cn2cncc2CN(C(=O)c2cccc(F)c2)c2ccc(-c3ccc(C(=O)NCC(=O)O)o3)cc2)cc1. The minimum Gasteiger partial charge on any atom is -0.480 e. The molecule has 0 unspecified atom stereocenters. The van der Waals surface area contributed by atoms with Gasteiger partial charge in [0.25, 0.3) is 11.8 Å². The fraction of sp³-hybridized carbons (Fsp3) is 0.194. The number of aromatic nitrogens is 2.